The normalized spacial score (nSPS) is 17.4. The van der Waals surface area contributed by atoms with Crippen molar-refractivity contribution in [3.05, 3.63) is 11.6 Å². The average Bonchev–Trinajstić information content (AvgIpc) is 1.95. The van der Waals surface area contributed by atoms with Crippen LogP contribution in [-0.2, 0) is 9.53 Å². The predicted octanol–water partition coefficient (Wildman–Crippen LogP) is 2.68. The van der Waals surface area contributed by atoms with Crippen LogP contribution in [0.5, 0.6) is 0 Å². The van der Waals surface area contributed by atoms with E-state index < -0.39 is 12.3 Å². The third-order valence-electron chi connectivity index (χ3n) is 1.99. The van der Waals surface area contributed by atoms with Gasteiger partial charge in [0.1, 0.15) is 0 Å². The lowest BCUT2D eigenvalue weighted by Crippen LogP contribution is -2.20. The van der Waals surface area contributed by atoms with Crippen molar-refractivity contribution in [2.45, 2.75) is 33.6 Å². The van der Waals surface area contributed by atoms with Gasteiger partial charge in [-0.15, -0.1) is 0 Å². The molecule has 1 aliphatic rings. The first-order valence-electron chi connectivity index (χ1n) is 4.96. The van der Waals surface area contributed by atoms with Crippen LogP contribution in [-0.4, -0.2) is 28.3 Å². The fraction of sp³-hybridized carbons (Fsp3) is 0.545. The summed E-state index contributed by atoms with van der Waals surface area (Å²) in [5.74, 6) is 0.286. The van der Waals surface area contributed by atoms with Crippen molar-refractivity contribution in [3.8, 4) is 0 Å². The van der Waals surface area contributed by atoms with Gasteiger partial charge in [-0.05, 0) is 24.8 Å². The van der Waals surface area contributed by atoms with E-state index in [1.807, 2.05) is 6.92 Å². The number of hydrogen-bond acceptors (Lipinski definition) is 4. The Bertz CT molecular complexity index is 341. The minimum atomic E-state index is -1.81. The molecule has 6 nitrogen and oxygen atoms in total. The molecule has 6 heteroatoms. The molecule has 17 heavy (non-hydrogen) atoms. The molecule has 0 atom stereocenters. The molecule has 0 spiro atoms. The Morgan fingerprint density at radius 1 is 1.24 bits per heavy atom. The summed E-state index contributed by atoms with van der Waals surface area (Å²) in [4.78, 5) is 29.4. The Hall–Kier alpha value is -1.85. The first-order chi connectivity index (χ1) is 7.62. The second-order valence-corrected chi connectivity index (χ2v) is 4.61. The molecule has 0 amide bonds. The summed E-state index contributed by atoms with van der Waals surface area (Å²) in [6, 6.07) is 0. The Kier molecular flexibility index (Phi) is 5.37. The minimum Gasteiger partial charge on any atom is -0.449 e. The van der Waals surface area contributed by atoms with Crippen molar-refractivity contribution in [1.82, 2.24) is 0 Å². The van der Waals surface area contributed by atoms with Crippen LogP contribution >= 0.6 is 0 Å². The van der Waals surface area contributed by atoms with E-state index in [0.29, 0.717) is 6.42 Å². The molecule has 0 aliphatic heterocycles. The van der Waals surface area contributed by atoms with Gasteiger partial charge in [-0.25, -0.2) is 9.59 Å². The third kappa shape index (κ3) is 8.01. The zero-order chi connectivity index (χ0) is 13.6. The first-order valence-corrected chi connectivity index (χ1v) is 4.96. The van der Waals surface area contributed by atoms with Gasteiger partial charge in [0, 0.05) is 6.42 Å². The third-order valence-corrected chi connectivity index (χ3v) is 1.99. The monoisotopic (exact) mass is 244 g/mol. The van der Waals surface area contributed by atoms with Gasteiger partial charge in [0.15, 0.2) is 5.78 Å². The van der Waals surface area contributed by atoms with E-state index >= 15 is 0 Å². The van der Waals surface area contributed by atoms with Crippen LogP contribution in [0, 0.1) is 5.41 Å². The van der Waals surface area contributed by atoms with E-state index in [9.17, 15) is 14.4 Å². The van der Waals surface area contributed by atoms with Gasteiger partial charge in [-0.3, -0.25) is 4.79 Å². The molecule has 0 saturated carbocycles. The van der Waals surface area contributed by atoms with Gasteiger partial charge in [0.25, 0.3) is 0 Å². The lowest BCUT2D eigenvalue weighted by atomic mass is 9.77. The summed E-state index contributed by atoms with van der Waals surface area (Å²) in [5, 5.41) is 15.0. The van der Waals surface area contributed by atoms with Gasteiger partial charge < -0.3 is 14.9 Å². The van der Waals surface area contributed by atoms with Gasteiger partial charge in [-0.1, -0.05) is 19.4 Å². The first kappa shape index (κ1) is 15.2. The Labute approximate surface area is 98.9 Å². The van der Waals surface area contributed by atoms with Gasteiger partial charge >= 0.3 is 12.3 Å². The maximum absolute atomic E-state index is 11.0. The highest BCUT2D eigenvalue weighted by Gasteiger charge is 2.25. The minimum absolute atomic E-state index is 0.204. The quantitative estimate of drug-likeness (QED) is 0.501. The van der Waals surface area contributed by atoms with E-state index in [1.54, 1.807) is 6.08 Å². The van der Waals surface area contributed by atoms with E-state index in [2.05, 4.69) is 18.6 Å². The zero-order valence-corrected chi connectivity index (χ0v) is 10.0. The SMILES string of the molecule is CC1=CC(=O)CC(C)(C)C1.O=C(O)OC(=O)O. The molecular formula is C11H16O6. The second kappa shape index (κ2) is 6.03. The molecule has 0 unspecified atom stereocenters. The number of carboxylic acid groups (broad SMARTS) is 2. The number of ketones is 1. The van der Waals surface area contributed by atoms with Crippen molar-refractivity contribution in [3.63, 3.8) is 0 Å². The Morgan fingerprint density at radius 2 is 1.71 bits per heavy atom. The number of hydrogen-bond donors (Lipinski definition) is 2. The maximum Gasteiger partial charge on any atom is 0.516 e. The second-order valence-electron chi connectivity index (χ2n) is 4.61. The van der Waals surface area contributed by atoms with E-state index in [1.165, 1.54) is 5.57 Å². The van der Waals surface area contributed by atoms with Crippen molar-refractivity contribution >= 4 is 18.1 Å². The van der Waals surface area contributed by atoms with Crippen LogP contribution in [0.3, 0.4) is 0 Å². The number of allylic oxidation sites excluding steroid dienone is 2. The van der Waals surface area contributed by atoms with E-state index in [0.717, 1.165) is 6.42 Å². The molecule has 1 aliphatic carbocycles. The number of rotatable bonds is 0. The molecule has 1 rings (SSSR count). The molecule has 0 radical (unpaired) electrons. The molecular weight excluding hydrogens is 228 g/mol. The lowest BCUT2D eigenvalue weighted by Gasteiger charge is -2.27. The number of carbonyl (C=O) groups is 3. The molecule has 0 bridgehead atoms. The van der Waals surface area contributed by atoms with Crippen molar-refractivity contribution in [1.29, 1.82) is 0 Å². The highest BCUT2D eigenvalue weighted by Crippen LogP contribution is 2.32. The largest absolute Gasteiger partial charge is 0.516 e. The van der Waals surface area contributed by atoms with Gasteiger partial charge in [-0.2, -0.15) is 0 Å². The van der Waals surface area contributed by atoms with Crippen molar-refractivity contribution in [2.75, 3.05) is 0 Å². The summed E-state index contributed by atoms with van der Waals surface area (Å²) in [7, 11) is 0. The lowest BCUT2D eigenvalue weighted by molar-refractivity contribution is -0.117. The number of ether oxygens (including phenoxy) is 1. The van der Waals surface area contributed by atoms with Crippen LogP contribution in [0.1, 0.15) is 33.6 Å². The summed E-state index contributed by atoms with van der Waals surface area (Å²) >= 11 is 0. The Balaban J connectivity index is 0.000000325. The average molecular weight is 244 g/mol. The van der Waals surface area contributed by atoms with E-state index in [-0.39, 0.29) is 11.2 Å². The maximum atomic E-state index is 11.0. The molecule has 0 aromatic heterocycles. The predicted molar refractivity (Wildman–Crippen MR) is 58.9 cm³/mol. The van der Waals surface area contributed by atoms with Crippen LogP contribution in [0.15, 0.2) is 11.6 Å². The summed E-state index contributed by atoms with van der Waals surface area (Å²) in [6.07, 6.45) is -0.0751. The molecule has 0 aromatic carbocycles. The summed E-state index contributed by atoms with van der Waals surface area (Å²) < 4.78 is 3.08. The molecule has 2 N–H and O–H groups in total. The van der Waals surface area contributed by atoms with Crippen LogP contribution < -0.4 is 0 Å². The fourth-order valence-corrected chi connectivity index (χ4v) is 1.74. The van der Waals surface area contributed by atoms with E-state index in [4.69, 9.17) is 10.2 Å². The molecule has 96 valence electrons. The fourth-order valence-electron chi connectivity index (χ4n) is 1.74. The van der Waals surface area contributed by atoms with Crippen LogP contribution in [0.2, 0.25) is 0 Å². The van der Waals surface area contributed by atoms with Crippen LogP contribution in [0.25, 0.3) is 0 Å². The molecule has 0 heterocycles. The summed E-state index contributed by atoms with van der Waals surface area (Å²) in [5.41, 5.74) is 1.43. The zero-order valence-electron chi connectivity index (χ0n) is 10.0. The molecule has 0 aromatic rings. The van der Waals surface area contributed by atoms with Crippen molar-refractivity contribution in [2.24, 2.45) is 5.41 Å². The smallest absolute Gasteiger partial charge is 0.449 e. The molecule has 0 fully saturated rings. The van der Waals surface area contributed by atoms with Crippen LogP contribution in [0.4, 0.5) is 9.59 Å². The van der Waals surface area contributed by atoms with Gasteiger partial charge in [0.05, 0.1) is 0 Å². The highest BCUT2D eigenvalue weighted by molar-refractivity contribution is 5.91. The highest BCUT2D eigenvalue weighted by atomic mass is 16.7. The standard InChI is InChI=1S/C9H14O.C2H2O5/c1-7-4-8(10)6-9(2,3)5-7;3-1(4)7-2(5)6/h4H,5-6H2,1-3H3;(H,3,4)(H,5,6). The topological polar surface area (TPSA) is 101 Å². The molecule has 0 saturated heterocycles. The Morgan fingerprint density at radius 3 is 1.94 bits per heavy atom. The van der Waals surface area contributed by atoms with Gasteiger partial charge in [0.2, 0.25) is 0 Å². The summed E-state index contributed by atoms with van der Waals surface area (Å²) in [6.45, 7) is 6.31. The van der Waals surface area contributed by atoms with Crippen molar-refractivity contribution < 1.29 is 29.3 Å². The number of carbonyl (C=O) groups excluding carboxylic acids is 1.